The second-order valence-corrected chi connectivity index (χ2v) is 4.77. The maximum absolute atomic E-state index is 11.2. The first kappa shape index (κ1) is 14.1. The molecule has 0 saturated carbocycles. The Bertz CT molecular complexity index is 721. The number of halogens is 1. The van der Waals surface area contributed by atoms with Crippen LogP contribution in [0.25, 0.3) is 0 Å². The molecule has 102 valence electrons. The third-order valence-electron chi connectivity index (χ3n) is 2.55. The van der Waals surface area contributed by atoms with Crippen molar-refractivity contribution in [2.75, 3.05) is 12.4 Å². The van der Waals surface area contributed by atoms with E-state index in [1.165, 1.54) is 6.07 Å². The maximum atomic E-state index is 11.2. The Hall–Kier alpha value is -2.33. The number of rotatable bonds is 4. The van der Waals surface area contributed by atoms with E-state index in [2.05, 4.69) is 31.2 Å². The zero-order valence-corrected chi connectivity index (χ0v) is 12.2. The molecule has 2 rings (SSSR count). The number of nitrogens with zero attached hydrogens (tertiary/aromatic N) is 2. The first-order valence-corrected chi connectivity index (χ1v) is 6.49. The molecule has 6 nitrogen and oxygen atoms in total. The number of methoxy groups -OCH3 is 1. The lowest BCUT2D eigenvalue weighted by atomic mass is 10.2. The summed E-state index contributed by atoms with van der Waals surface area (Å²) in [6, 6.07) is 9.00. The van der Waals surface area contributed by atoms with Crippen molar-refractivity contribution < 1.29 is 4.74 Å². The topological polar surface area (TPSA) is 90.8 Å². The summed E-state index contributed by atoms with van der Waals surface area (Å²) in [5.74, 6) is 1.10. The molecule has 2 N–H and O–H groups in total. The number of hydrogen-bond acceptors (Lipinski definition) is 5. The molecule has 20 heavy (non-hydrogen) atoms. The van der Waals surface area contributed by atoms with Gasteiger partial charge < -0.3 is 10.1 Å². The Morgan fingerprint density at radius 2 is 2.30 bits per heavy atom. The third-order valence-corrected chi connectivity index (χ3v) is 3.17. The van der Waals surface area contributed by atoms with Crippen LogP contribution in [0.2, 0.25) is 0 Å². The highest BCUT2D eigenvalue weighted by Gasteiger charge is 2.03. The molecular formula is C13H11BrN4O2. The van der Waals surface area contributed by atoms with Crippen molar-refractivity contribution in [3.63, 3.8) is 0 Å². The van der Waals surface area contributed by atoms with Gasteiger partial charge in [0.05, 0.1) is 11.6 Å². The quantitative estimate of drug-likeness (QED) is 0.892. The summed E-state index contributed by atoms with van der Waals surface area (Å²) in [6.45, 7) is 0.476. The smallest absolute Gasteiger partial charge is 0.347 e. The summed E-state index contributed by atoms with van der Waals surface area (Å²) in [7, 11) is 1.60. The molecule has 0 aliphatic carbocycles. The highest BCUT2D eigenvalue weighted by atomic mass is 79.9. The van der Waals surface area contributed by atoms with E-state index in [9.17, 15) is 4.79 Å². The van der Waals surface area contributed by atoms with Gasteiger partial charge in [0.15, 0.2) is 0 Å². The van der Waals surface area contributed by atoms with Crippen LogP contribution in [0.3, 0.4) is 0 Å². The molecule has 0 aliphatic rings. The van der Waals surface area contributed by atoms with Gasteiger partial charge in [0.1, 0.15) is 23.3 Å². The summed E-state index contributed by atoms with van der Waals surface area (Å²) in [5, 5.41) is 11.8. The van der Waals surface area contributed by atoms with E-state index in [0.717, 1.165) is 15.8 Å². The first-order chi connectivity index (χ1) is 9.62. The summed E-state index contributed by atoms with van der Waals surface area (Å²) in [4.78, 5) is 17.3. The zero-order chi connectivity index (χ0) is 14.5. The maximum Gasteiger partial charge on any atom is 0.347 e. The van der Waals surface area contributed by atoms with Crippen molar-refractivity contribution in [1.29, 1.82) is 5.26 Å². The fraction of sp³-hybridized carbons (Fsp3) is 0.154. The number of benzene rings is 1. The molecular weight excluding hydrogens is 324 g/mol. The second kappa shape index (κ2) is 6.21. The summed E-state index contributed by atoms with van der Waals surface area (Å²) in [5.41, 5.74) is 0.601. The van der Waals surface area contributed by atoms with Crippen molar-refractivity contribution in [2.45, 2.75) is 6.54 Å². The Morgan fingerprint density at radius 1 is 1.50 bits per heavy atom. The number of aromatic nitrogens is 2. The lowest BCUT2D eigenvalue weighted by Crippen LogP contribution is -2.14. The van der Waals surface area contributed by atoms with E-state index >= 15 is 0 Å². The minimum atomic E-state index is -0.553. The van der Waals surface area contributed by atoms with Crippen molar-refractivity contribution >= 4 is 21.7 Å². The zero-order valence-electron chi connectivity index (χ0n) is 10.6. The highest BCUT2D eigenvalue weighted by molar-refractivity contribution is 9.10. The van der Waals surface area contributed by atoms with Crippen LogP contribution in [0.4, 0.5) is 5.82 Å². The van der Waals surface area contributed by atoms with Crippen LogP contribution in [0, 0.1) is 11.3 Å². The molecule has 0 bridgehead atoms. The predicted octanol–water partition coefficient (Wildman–Crippen LogP) is 2.02. The van der Waals surface area contributed by atoms with E-state index < -0.39 is 5.69 Å². The summed E-state index contributed by atoms with van der Waals surface area (Å²) < 4.78 is 5.99. The fourth-order valence-corrected chi connectivity index (χ4v) is 2.21. The lowest BCUT2D eigenvalue weighted by molar-refractivity contribution is 0.412. The van der Waals surface area contributed by atoms with Gasteiger partial charge in [0, 0.05) is 12.6 Å². The van der Waals surface area contributed by atoms with Crippen LogP contribution in [0.15, 0.2) is 33.5 Å². The molecule has 0 amide bonds. The molecule has 0 atom stereocenters. The van der Waals surface area contributed by atoms with E-state index in [1.807, 2.05) is 24.3 Å². The van der Waals surface area contributed by atoms with Gasteiger partial charge in [0.2, 0.25) is 0 Å². The average Bonchev–Trinajstić information content (AvgIpc) is 2.44. The average molecular weight is 335 g/mol. The van der Waals surface area contributed by atoms with Gasteiger partial charge >= 0.3 is 5.69 Å². The normalized spacial score (nSPS) is 9.85. The van der Waals surface area contributed by atoms with Gasteiger partial charge in [-0.05, 0) is 33.6 Å². The molecule has 0 aliphatic heterocycles. The number of H-pyrrole nitrogens is 1. The number of hydrogen-bond donors (Lipinski definition) is 2. The van der Waals surface area contributed by atoms with Crippen LogP contribution < -0.4 is 15.7 Å². The number of nitrogens with one attached hydrogen (secondary N) is 2. The molecule has 0 fully saturated rings. The van der Waals surface area contributed by atoms with Crippen molar-refractivity contribution in [3.8, 4) is 11.8 Å². The van der Waals surface area contributed by atoms with Crippen molar-refractivity contribution in [3.05, 3.63) is 50.5 Å². The molecule has 0 spiro atoms. The third kappa shape index (κ3) is 3.36. The van der Waals surface area contributed by atoms with E-state index in [1.54, 1.807) is 7.11 Å². The van der Waals surface area contributed by atoms with Crippen molar-refractivity contribution in [2.24, 2.45) is 0 Å². The van der Waals surface area contributed by atoms with Gasteiger partial charge in [-0.3, -0.25) is 4.98 Å². The van der Waals surface area contributed by atoms with Gasteiger partial charge in [0.25, 0.3) is 0 Å². The van der Waals surface area contributed by atoms with Crippen LogP contribution in [-0.2, 0) is 6.54 Å². The van der Waals surface area contributed by atoms with Crippen LogP contribution in [0.5, 0.6) is 5.75 Å². The second-order valence-electron chi connectivity index (χ2n) is 3.92. The minimum absolute atomic E-state index is 0.170. The molecule has 0 radical (unpaired) electrons. The van der Waals surface area contributed by atoms with Gasteiger partial charge in [-0.2, -0.15) is 10.2 Å². The van der Waals surface area contributed by atoms with Gasteiger partial charge in [-0.1, -0.05) is 6.07 Å². The number of aromatic amines is 1. The number of ether oxygens (including phenoxy) is 1. The van der Waals surface area contributed by atoms with E-state index in [4.69, 9.17) is 10.00 Å². The molecule has 1 aromatic carbocycles. The Kier molecular flexibility index (Phi) is 4.38. The summed E-state index contributed by atoms with van der Waals surface area (Å²) in [6.07, 6.45) is 0. The molecule has 0 unspecified atom stereocenters. The Labute approximate surface area is 123 Å². The predicted molar refractivity (Wildman–Crippen MR) is 77.6 cm³/mol. The van der Waals surface area contributed by atoms with Gasteiger partial charge in [-0.25, -0.2) is 4.79 Å². The van der Waals surface area contributed by atoms with Gasteiger partial charge in [-0.15, -0.1) is 0 Å². The molecule has 1 heterocycles. The SMILES string of the molecule is COc1ccc(CNc2cc(C#N)[nH]c(=O)n2)cc1Br. The molecule has 2 aromatic rings. The first-order valence-electron chi connectivity index (χ1n) is 5.70. The fourth-order valence-electron chi connectivity index (χ4n) is 1.62. The highest BCUT2D eigenvalue weighted by Crippen LogP contribution is 2.25. The minimum Gasteiger partial charge on any atom is -0.496 e. The van der Waals surface area contributed by atoms with Crippen LogP contribution >= 0.6 is 15.9 Å². The Balaban J connectivity index is 2.13. The summed E-state index contributed by atoms with van der Waals surface area (Å²) >= 11 is 3.40. The van der Waals surface area contributed by atoms with E-state index in [0.29, 0.717) is 12.4 Å². The molecule has 1 aromatic heterocycles. The monoisotopic (exact) mass is 334 g/mol. The lowest BCUT2D eigenvalue weighted by Gasteiger charge is -2.08. The Morgan fingerprint density at radius 3 is 2.95 bits per heavy atom. The standard InChI is InChI=1S/C13H11BrN4O2/c1-20-11-3-2-8(4-10(11)14)7-16-12-5-9(6-15)17-13(19)18-12/h2-5H,7H2,1H3,(H2,16,17,18,19). The van der Waals surface area contributed by atoms with Crippen LogP contribution in [-0.4, -0.2) is 17.1 Å². The van der Waals surface area contributed by atoms with Crippen molar-refractivity contribution in [1.82, 2.24) is 9.97 Å². The molecule has 7 heteroatoms. The van der Waals surface area contributed by atoms with E-state index in [-0.39, 0.29) is 5.69 Å². The largest absolute Gasteiger partial charge is 0.496 e. The van der Waals surface area contributed by atoms with Crippen LogP contribution in [0.1, 0.15) is 11.3 Å². The number of nitriles is 1. The number of anilines is 1. The molecule has 0 saturated heterocycles.